The number of ether oxygens (including phenoxy) is 1. The summed E-state index contributed by atoms with van der Waals surface area (Å²) >= 11 is 0. The normalized spacial score (nSPS) is 21.1. The van der Waals surface area contributed by atoms with Crippen LogP contribution in [0.25, 0.3) is 0 Å². The van der Waals surface area contributed by atoms with Crippen molar-refractivity contribution >= 4 is 5.97 Å². The number of carboxylic acid groups (broad SMARTS) is 1. The lowest BCUT2D eigenvalue weighted by Crippen LogP contribution is -2.48. The fourth-order valence-electron chi connectivity index (χ4n) is 4.16. The molecule has 25 heavy (non-hydrogen) atoms. The molecule has 0 spiro atoms. The third-order valence-corrected chi connectivity index (χ3v) is 5.61. The lowest BCUT2D eigenvalue weighted by molar-refractivity contribution is 0.00713. The number of carboxylic acids is 1. The quantitative estimate of drug-likeness (QED) is 0.795. The molecule has 3 rings (SSSR count). The van der Waals surface area contributed by atoms with Crippen LogP contribution in [0, 0.1) is 5.41 Å². The monoisotopic (exact) mass is 346 g/mol. The number of hydrogen-bond donors (Lipinski definition) is 2. The number of carbonyl (C=O) groups is 1. The third-order valence-electron chi connectivity index (χ3n) is 5.61. The molecule has 2 N–H and O–H groups in total. The molecule has 0 radical (unpaired) electrons. The molecule has 0 amide bonds. The number of nitrogens with zero attached hydrogens (tertiary/aromatic N) is 1. The SMILES string of the molecule is O=C(O)c1ccc(CNCC2(CN3CCOCC3)CCCCC2)cc1. The van der Waals surface area contributed by atoms with E-state index in [9.17, 15) is 4.79 Å². The van der Waals surface area contributed by atoms with Crippen molar-refractivity contribution in [2.45, 2.75) is 38.6 Å². The van der Waals surface area contributed by atoms with Gasteiger partial charge in [0.2, 0.25) is 0 Å². The van der Waals surface area contributed by atoms with Gasteiger partial charge in [-0.2, -0.15) is 0 Å². The Bertz CT molecular complexity index is 547. The van der Waals surface area contributed by atoms with Crippen molar-refractivity contribution in [3.63, 3.8) is 0 Å². The zero-order chi connectivity index (χ0) is 17.5. The van der Waals surface area contributed by atoms with E-state index in [4.69, 9.17) is 9.84 Å². The van der Waals surface area contributed by atoms with Crippen LogP contribution in [0.1, 0.15) is 48.0 Å². The first kappa shape index (κ1) is 18.4. The van der Waals surface area contributed by atoms with Gasteiger partial charge in [0.1, 0.15) is 0 Å². The summed E-state index contributed by atoms with van der Waals surface area (Å²) in [7, 11) is 0. The molecule has 1 aliphatic carbocycles. The van der Waals surface area contributed by atoms with Crippen molar-refractivity contribution in [3.8, 4) is 0 Å². The van der Waals surface area contributed by atoms with E-state index >= 15 is 0 Å². The van der Waals surface area contributed by atoms with Gasteiger partial charge in [0.15, 0.2) is 0 Å². The van der Waals surface area contributed by atoms with E-state index in [1.165, 1.54) is 38.6 Å². The topological polar surface area (TPSA) is 61.8 Å². The first-order valence-electron chi connectivity index (χ1n) is 9.50. The van der Waals surface area contributed by atoms with E-state index in [2.05, 4.69) is 10.2 Å². The average Bonchev–Trinajstić information content (AvgIpc) is 2.64. The summed E-state index contributed by atoms with van der Waals surface area (Å²) in [6, 6.07) is 7.19. The smallest absolute Gasteiger partial charge is 0.335 e. The predicted molar refractivity (Wildman–Crippen MR) is 97.9 cm³/mol. The fourth-order valence-corrected chi connectivity index (χ4v) is 4.16. The summed E-state index contributed by atoms with van der Waals surface area (Å²) in [4.78, 5) is 13.5. The molecule has 1 heterocycles. The minimum Gasteiger partial charge on any atom is -0.478 e. The van der Waals surface area contributed by atoms with Crippen LogP contribution in [0.2, 0.25) is 0 Å². The lowest BCUT2D eigenvalue weighted by Gasteiger charge is -2.42. The average molecular weight is 346 g/mol. The highest BCUT2D eigenvalue weighted by Crippen LogP contribution is 2.36. The molecule has 0 bridgehead atoms. The van der Waals surface area contributed by atoms with Crippen molar-refractivity contribution in [1.29, 1.82) is 0 Å². The second-order valence-corrected chi connectivity index (χ2v) is 7.55. The molecular formula is C20H30N2O3. The second-order valence-electron chi connectivity index (χ2n) is 7.55. The number of benzene rings is 1. The molecule has 0 unspecified atom stereocenters. The first-order valence-corrected chi connectivity index (χ1v) is 9.50. The lowest BCUT2D eigenvalue weighted by atomic mass is 9.73. The Morgan fingerprint density at radius 2 is 1.80 bits per heavy atom. The maximum absolute atomic E-state index is 10.9. The molecular weight excluding hydrogens is 316 g/mol. The first-order chi connectivity index (χ1) is 12.2. The van der Waals surface area contributed by atoms with Crippen molar-refractivity contribution in [1.82, 2.24) is 10.2 Å². The van der Waals surface area contributed by atoms with Crippen molar-refractivity contribution in [2.75, 3.05) is 39.4 Å². The Balaban J connectivity index is 1.54. The number of rotatable bonds is 7. The van der Waals surface area contributed by atoms with Crippen molar-refractivity contribution in [2.24, 2.45) is 5.41 Å². The molecule has 2 aliphatic rings. The molecule has 0 aromatic heterocycles. The molecule has 1 aliphatic heterocycles. The minimum atomic E-state index is -0.869. The van der Waals surface area contributed by atoms with E-state index in [1.54, 1.807) is 12.1 Å². The van der Waals surface area contributed by atoms with Crippen LogP contribution >= 0.6 is 0 Å². The van der Waals surface area contributed by atoms with Crippen LogP contribution in [0.15, 0.2) is 24.3 Å². The standard InChI is InChI=1S/C20H30N2O3/c23-19(24)18-6-4-17(5-7-18)14-21-15-20(8-2-1-3-9-20)16-22-10-12-25-13-11-22/h4-7,21H,1-3,8-16H2,(H,23,24). The zero-order valence-corrected chi connectivity index (χ0v) is 15.0. The molecule has 1 aromatic rings. The minimum absolute atomic E-state index is 0.347. The van der Waals surface area contributed by atoms with Crippen molar-refractivity contribution in [3.05, 3.63) is 35.4 Å². The van der Waals surface area contributed by atoms with E-state index in [0.29, 0.717) is 11.0 Å². The summed E-state index contributed by atoms with van der Waals surface area (Å²) in [5.41, 5.74) is 1.86. The van der Waals surface area contributed by atoms with Gasteiger partial charge in [-0.3, -0.25) is 4.90 Å². The third kappa shape index (κ3) is 5.27. The van der Waals surface area contributed by atoms with Crippen LogP contribution in [0.4, 0.5) is 0 Å². The van der Waals surface area contributed by atoms with Gasteiger partial charge in [-0.25, -0.2) is 4.79 Å². The van der Waals surface area contributed by atoms with Gasteiger partial charge in [-0.05, 0) is 36.0 Å². The highest BCUT2D eigenvalue weighted by Gasteiger charge is 2.33. The number of hydrogen-bond acceptors (Lipinski definition) is 4. The predicted octanol–water partition coefficient (Wildman–Crippen LogP) is 2.76. The van der Waals surface area contributed by atoms with E-state index in [-0.39, 0.29) is 0 Å². The summed E-state index contributed by atoms with van der Waals surface area (Å²) in [5.74, 6) is -0.869. The molecule has 1 saturated carbocycles. The van der Waals surface area contributed by atoms with E-state index in [1.807, 2.05) is 12.1 Å². The molecule has 1 aromatic carbocycles. The Kier molecular flexibility index (Phi) is 6.45. The van der Waals surface area contributed by atoms with Gasteiger partial charge in [0.25, 0.3) is 0 Å². The molecule has 2 fully saturated rings. The molecule has 138 valence electrons. The maximum atomic E-state index is 10.9. The van der Waals surface area contributed by atoms with Gasteiger partial charge in [-0.1, -0.05) is 31.4 Å². The van der Waals surface area contributed by atoms with Crippen LogP contribution in [0.5, 0.6) is 0 Å². The molecule has 0 atom stereocenters. The Morgan fingerprint density at radius 1 is 1.12 bits per heavy atom. The Labute approximate surface area is 150 Å². The Morgan fingerprint density at radius 3 is 2.44 bits per heavy atom. The van der Waals surface area contributed by atoms with Crippen LogP contribution in [-0.4, -0.2) is 55.4 Å². The van der Waals surface area contributed by atoms with Crippen molar-refractivity contribution < 1.29 is 14.6 Å². The highest BCUT2D eigenvalue weighted by atomic mass is 16.5. The van der Waals surface area contributed by atoms with Gasteiger partial charge in [0, 0.05) is 32.7 Å². The van der Waals surface area contributed by atoms with Gasteiger partial charge >= 0.3 is 5.97 Å². The van der Waals surface area contributed by atoms with Crippen LogP contribution < -0.4 is 5.32 Å². The largest absolute Gasteiger partial charge is 0.478 e. The summed E-state index contributed by atoms with van der Waals surface area (Å²) in [6.07, 6.45) is 6.63. The van der Waals surface area contributed by atoms with Gasteiger partial charge in [-0.15, -0.1) is 0 Å². The Hall–Kier alpha value is -1.43. The van der Waals surface area contributed by atoms with E-state index in [0.717, 1.165) is 45.0 Å². The van der Waals surface area contributed by atoms with Crippen LogP contribution in [0.3, 0.4) is 0 Å². The van der Waals surface area contributed by atoms with Crippen LogP contribution in [-0.2, 0) is 11.3 Å². The maximum Gasteiger partial charge on any atom is 0.335 e. The van der Waals surface area contributed by atoms with Gasteiger partial charge < -0.3 is 15.2 Å². The highest BCUT2D eigenvalue weighted by molar-refractivity contribution is 5.87. The summed E-state index contributed by atoms with van der Waals surface area (Å²) in [5, 5.41) is 12.6. The zero-order valence-electron chi connectivity index (χ0n) is 15.0. The number of aromatic carboxylic acids is 1. The number of morpholine rings is 1. The second kappa shape index (κ2) is 8.79. The molecule has 5 nitrogen and oxygen atoms in total. The van der Waals surface area contributed by atoms with Gasteiger partial charge in [0.05, 0.1) is 18.8 Å². The molecule has 5 heteroatoms. The summed E-state index contributed by atoms with van der Waals surface area (Å²) in [6.45, 7) is 6.83. The van der Waals surface area contributed by atoms with E-state index < -0.39 is 5.97 Å². The number of nitrogens with one attached hydrogen (secondary N) is 1. The summed E-state index contributed by atoms with van der Waals surface area (Å²) < 4.78 is 5.49. The fraction of sp³-hybridized carbons (Fsp3) is 0.650. The molecule has 1 saturated heterocycles.